The van der Waals surface area contributed by atoms with E-state index >= 15 is 0 Å². The summed E-state index contributed by atoms with van der Waals surface area (Å²) in [5, 5.41) is 3.98. The van der Waals surface area contributed by atoms with Gasteiger partial charge in [-0.2, -0.15) is 5.10 Å². The quantitative estimate of drug-likeness (QED) is 0.677. The van der Waals surface area contributed by atoms with Gasteiger partial charge in [0.1, 0.15) is 0 Å². The summed E-state index contributed by atoms with van der Waals surface area (Å²) < 4.78 is 0.999. The van der Waals surface area contributed by atoms with Crippen molar-refractivity contribution in [2.45, 2.75) is 13.3 Å². The lowest BCUT2D eigenvalue weighted by Crippen LogP contribution is -2.19. The first kappa shape index (κ1) is 14.5. The molecule has 0 fully saturated rings. The van der Waals surface area contributed by atoms with Gasteiger partial charge in [-0.25, -0.2) is 5.43 Å². The first-order valence-electron chi connectivity index (χ1n) is 6.27. The van der Waals surface area contributed by atoms with Gasteiger partial charge in [-0.1, -0.05) is 52.3 Å². The molecule has 0 aliphatic heterocycles. The van der Waals surface area contributed by atoms with Crippen molar-refractivity contribution in [1.29, 1.82) is 0 Å². The Balaban J connectivity index is 1.89. The van der Waals surface area contributed by atoms with Crippen LogP contribution in [-0.4, -0.2) is 12.1 Å². The van der Waals surface area contributed by atoms with Crippen LogP contribution in [0, 0.1) is 6.92 Å². The van der Waals surface area contributed by atoms with Gasteiger partial charge < -0.3 is 0 Å². The molecule has 0 saturated heterocycles. The number of carbonyl (C=O) groups is 1. The van der Waals surface area contributed by atoms with E-state index in [4.69, 9.17) is 0 Å². The van der Waals surface area contributed by atoms with Gasteiger partial charge >= 0.3 is 0 Å². The van der Waals surface area contributed by atoms with Crippen molar-refractivity contribution in [3.8, 4) is 0 Å². The molecule has 0 radical (unpaired) electrons. The highest BCUT2D eigenvalue weighted by Crippen LogP contribution is 2.10. The van der Waals surface area contributed by atoms with Gasteiger partial charge in [0.25, 0.3) is 0 Å². The molecule has 0 aromatic heterocycles. The molecule has 0 spiro atoms. The third-order valence-corrected chi connectivity index (χ3v) is 3.39. The first-order chi connectivity index (χ1) is 9.65. The monoisotopic (exact) mass is 330 g/mol. The lowest BCUT2D eigenvalue weighted by atomic mass is 10.1. The molecule has 1 amide bonds. The third-order valence-electron chi connectivity index (χ3n) is 2.86. The van der Waals surface area contributed by atoms with Crippen LogP contribution in [-0.2, 0) is 11.2 Å². The van der Waals surface area contributed by atoms with Crippen molar-refractivity contribution >= 4 is 28.1 Å². The van der Waals surface area contributed by atoms with Gasteiger partial charge in [0, 0.05) is 4.47 Å². The van der Waals surface area contributed by atoms with Crippen molar-refractivity contribution in [2.75, 3.05) is 0 Å². The van der Waals surface area contributed by atoms with E-state index in [0.29, 0.717) is 6.42 Å². The van der Waals surface area contributed by atoms with Crippen LogP contribution in [0.4, 0.5) is 0 Å². The Morgan fingerprint density at radius 1 is 1.20 bits per heavy atom. The van der Waals surface area contributed by atoms with Crippen molar-refractivity contribution in [1.82, 2.24) is 5.43 Å². The second-order valence-electron chi connectivity index (χ2n) is 4.45. The molecule has 1 N–H and O–H groups in total. The molecule has 2 rings (SSSR count). The maximum Gasteiger partial charge on any atom is 0.244 e. The predicted octanol–water partition coefficient (Wildman–Crippen LogP) is 3.45. The van der Waals surface area contributed by atoms with Gasteiger partial charge in [-0.3, -0.25) is 4.79 Å². The van der Waals surface area contributed by atoms with Crippen LogP contribution >= 0.6 is 15.9 Å². The van der Waals surface area contributed by atoms with Gasteiger partial charge in [0.05, 0.1) is 12.6 Å². The van der Waals surface area contributed by atoms with Gasteiger partial charge in [0.2, 0.25) is 5.91 Å². The Kier molecular flexibility index (Phi) is 5.07. The molecule has 0 saturated carbocycles. The number of hydrogen-bond donors (Lipinski definition) is 1. The number of nitrogens with one attached hydrogen (secondary N) is 1. The van der Waals surface area contributed by atoms with Crippen LogP contribution in [0.5, 0.6) is 0 Å². The first-order valence-corrected chi connectivity index (χ1v) is 7.06. The largest absolute Gasteiger partial charge is 0.273 e. The average Bonchev–Trinajstić information content (AvgIpc) is 2.43. The number of benzene rings is 2. The average molecular weight is 331 g/mol. The third kappa shape index (κ3) is 4.31. The maximum absolute atomic E-state index is 11.7. The maximum atomic E-state index is 11.7. The van der Waals surface area contributed by atoms with Crippen LogP contribution in [0.1, 0.15) is 16.7 Å². The Labute approximate surface area is 126 Å². The molecular weight excluding hydrogens is 316 g/mol. The fourth-order valence-electron chi connectivity index (χ4n) is 1.73. The fourth-order valence-corrected chi connectivity index (χ4v) is 2.00. The van der Waals surface area contributed by atoms with Crippen LogP contribution in [0.3, 0.4) is 0 Å². The summed E-state index contributed by atoms with van der Waals surface area (Å²) in [6.07, 6.45) is 1.98. The second kappa shape index (κ2) is 7.01. The highest BCUT2D eigenvalue weighted by molar-refractivity contribution is 9.10. The van der Waals surface area contributed by atoms with Crippen LogP contribution < -0.4 is 5.43 Å². The number of halogens is 1. The Morgan fingerprint density at radius 3 is 2.60 bits per heavy atom. The number of amides is 1. The minimum atomic E-state index is -0.128. The Morgan fingerprint density at radius 2 is 1.90 bits per heavy atom. The molecule has 2 aromatic rings. The molecule has 0 aliphatic rings. The summed E-state index contributed by atoms with van der Waals surface area (Å²) in [7, 11) is 0. The van der Waals surface area contributed by atoms with E-state index in [-0.39, 0.29) is 5.91 Å². The standard InChI is InChI=1S/C16H15BrN2O/c1-12-4-2-3-5-14(12)11-18-19-16(20)10-13-6-8-15(17)9-7-13/h2-9,11H,10H2,1H3,(H,19,20). The van der Waals surface area contributed by atoms with Crippen LogP contribution in [0.25, 0.3) is 0 Å². The van der Waals surface area contributed by atoms with Gasteiger partial charge in [0.15, 0.2) is 0 Å². The van der Waals surface area contributed by atoms with Crippen molar-refractivity contribution in [3.63, 3.8) is 0 Å². The van der Waals surface area contributed by atoms with E-state index in [1.165, 1.54) is 0 Å². The van der Waals surface area contributed by atoms with E-state index in [1.54, 1.807) is 6.21 Å². The van der Waals surface area contributed by atoms with E-state index in [1.807, 2.05) is 55.5 Å². The predicted molar refractivity (Wildman–Crippen MR) is 84.8 cm³/mol. The number of hydrazone groups is 1. The lowest BCUT2D eigenvalue weighted by molar-refractivity contribution is -0.120. The number of carbonyl (C=O) groups excluding carboxylic acids is 1. The summed E-state index contributed by atoms with van der Waals surface area (Å²) in [6.45, 7) is 2.00. The molecule has 0 heterocycles. The molecule has 102 valence electrons. The molecular formula is C16H15BrN2O. The molecule has 20 heavy (non-hydrogen) atoms. The van der Waals surface area contributed by atoms with Crippen molar-refractivity contribution in [2.24, 2.45) is 5.10 Å². The van der Waals surface area contributed by atoms with E-state index in [0.717, 1.165) is 21.2 Å². The molecule has 4 heteroatoms. The van der Waals surface area contributed by atoms with Crippen LogP contribution in [0.2, 0.25) is 0 Å². The summed E-state index contributed by atoms with van der Waals surface area (Å²) in [4.78, 5) is 11.7. The van der Waals surface area contributed by atoms with Crippen molar-refractivity contribution < 1.29 is 4.79 Å². The van der Waals surface area contributed by atoms with Gasteiger partial charge in [-0.15, -0.1) is 0 Å². The zero-order chi connectivity index (χ0) is 14.4. The zero-order valence-electron chi connectivity index (χ0n) is 11.1. The Bertz CT molecular complexity index is 621. The fraction of sp³-hybridized carbons (Fsp3) is 0.125. The van der Waals surface area contributed by atoms with E-state index in [9.17, 15) is 4.79 Å². The van der Waals surface area contributed by atoms with E-state index < -0.39 is 0 Å². The molecule has 0 bridgehead atoms. The van der Waals surface area contributed by atoms with E-state index in [2.05, 4.69) is 26.5 Å². The smallest absolute Gasteiger partial charge is 0.244 e. The molecule has 0 unspecified atom stereocenters. The molecule has 2 aromatic carbocycles. The van der Waals surface area contributed by atoms with Gasteiger partial charge in [-0.05, 0) is 35.7 Å². The zero-order valence-corrected chi connectivity index (χ0v) is 12.7. The SMILES string of the molecule is Cc1ccccc1C=NNC(=O)Cc1ccc(Br)cc1. The Hall–Kier alpha value is -1.94. The topological polar surface area (TPSA) is 41.5 Å². The summed E-state index contributed by atoms with van der Waals surface area (Å²) >= 11 is 3.36. The number of hydrogen-bond acceptors (Lipinski definition) is 2. The minimum Gasteiger partial charge on any atom is -0.273 e. The minimum absolute atomic E-state index is 0.128. The van der Waals surface area contributed by atoms with Crippen LogP contribution in [0.15, 0.2) is 58.1 Å². The summed E-state index contributed by atoms with van der Waals surface area (Å²) in [5.74, 6) is -0.128. The highest BCUT2D eigenvalue weighted by atomic mass is 79.9. The number of aryl methyl sites for hydroxylation is 1. The normalized spacial score (nSPS) is 10.7. The van der Waals surface area contributed by atoms with Crippen molar-refractivity contribution in [3.05, 3.63) is 69.7 Å². The highest BCUT2D eigenvalue weighted by Gasteiger charge is 2.01. The molecule has 0 aliphatic carbocycles. The molecule has 3 nitrogen and oxygen atoms in total. The second-order valence-corrected chi connectivity index (χ2v) is 5.37. The number of nitrogens with zero attached hydrogens (tertiary/aromatic N) is 1. The summed E-state index contributed by atoms with van der Waals surface area (Å²) in [5.41, 5.74) is 5.62. The number of rotatable bonds is 4. The lowest BCUT2D eigenvalue weighted by Gasteiger charge is -2.01. The summed E-state index contributed by atoms with van der Waals surface area (Å²) in [6, 6.07) is 15.5. The molecule has 0 atom stereocenters.